The average Bonchev–Trinajstić information content (AvgIpc) is 2.12. The lowest BCUT2D eigenvalue weighted by Crippen LogP contribution is -2.36. The number of nitrogens with zero attached hydrogens (tertiary/aromatic N) is 2. The van der Waals surface area contributed by atoms with Crippen LogP contribution >= 0.6 is 0 Å². The van der Waals surface area contributed by atoms with Crippen LogP contribution in [0.1, 0.15) is 34.1 Å². The summed E-state index contributed by atoms with van der Waals surface area (Å²) in [5.41, 5.74) is -0.0946. The first-order valence-corrected chi connectivity index (χ1v) is 5.09. The summed E-state index contributed by atoms with van der Waals surface area (Å²) in [7, 11) is 1.73. The van der Waals surface area contributed by atoms with Gasteiger partial charge >= 0.3 is 0 Å². The fourth-order valence-corrected chi connectivity index (χ4v) is 1.13. The van der Waals surface area contributed by atoms with Crippen molar-refractivity contribution in [2.24, 2.45) is 0 Å². The fourth-order valence-electron chi connectivity index (χ4n) is 1.13. The Kier molecular flexibility index (Phi) is 5.75. The second-order valence-electron chi connectivity index (χ2n) is 4.44. The van der Waals surface area contributed by atoms with Crippen LogP contribution in [0.3, 0.4) is 0 Å². The maximum absolute atomic E-state index is 8.65. The Bertz CT molecular complexity index is 194. The van der Waals surface area contributed by atoms with Gasteiger partial charge in [0.2, 0.25) is 0 Å². The van der Waals surface area contributed by atoms with E-state index < -0.39 is 0 Å². The summed E-state index contributed by atoms with van der Waals surface area (Å²) in [5.74, 6) is 0. The zero-order chi connectivity index (χ0) is 11.2. The summed E-state index contributed by atoms with van der Waals surface area (Å²) >= 11 is 0. The van der Waals surface area contributed by atoms with Crippen LogP contribution in [0.15, 0.2) is 0 Å². The minimum Gasteiger partial charge on any atom is -0.379 e. The third kappa shape index (κ3) is 5.21. The number of hydrogen-bond acceptors (Lipinski definition) is 3. The van der Waals surface area contributed by atoms with Crippen molar-refractivity contribution < 1.29 is 4.74 Å². The van der Waals surface area contributed by atoms with Crippen LogP contribution in [0.5, 0.6) is 0 Å². The Morgan fingerprint density at radius 3 is 2.36 bits per heavy atom. The number of methoxy groups -OCH3 is 1. The van der Waals surface area contributed by atoms with Gasteiger partial charge in [-0.25, -0.2) is 0 Å². The van der Waals surface area contributed by atoms with E-state index in [2.05, 4.69) is 38.7 Å². The van der Waals surface area contributed by atoms with Gasteiger partial charge in [0.05, 0.1) is 18.2 Å². The zero-order valence-corrected chi connectivity index (χ0v) is 10.0. The molecule has 14 heavy (non-hydrogen) atoms. The van der Waals surface area contributed by atoms with Gasteiger partial charge in [-0.15, -0.1) is 0 Å². The van der Waals surface area contributed by atoms with Gasteiger partial charge in [-0.05, 0) is 34.1 Å². The van der Waals surface area contributed by atoms with Crippen LogP contribution in [0.4, 0.5) is 0 Å². The van der Waals surface area contributed by atoms with E-state index in [1.165, 1.54) is 0 Å². The SMILES string of the molecule is COC(C)(C)CCN(CC#N)C(C)C. The molecule has 0 bridgehead atoms. The summed E-state index contributed by atoms with van der Waals surface area (Å²) in [6, 6.07) is 2.61. The Morgan fingerprint density at radius 2 is 2.00 bits per heavy atom. The van der Waals surface area contributed by atoms with Gasteiger partial charge in [0.1, 0.15) is 0 Å². The van der Waals surface area contributed by atoms with Crippen molar-refractivity contribution in [3.05, 3.63) is 0 Å². The molecule has 3 nitrogen and oxygen atoms in total. The van der Waals surface area contributed by atoms with Gasteiger partial charge in [-0.1, -0.05) is 0 Å². The average molecular weight is 198 g/mol. The highest BCUT2D eigenvalue weighted by atomic mass is 16.5. The monoisotopic (exact) mass is 198 g/mol. The molecule has 0 N–H and O–H groups in total. The molecule has 0 aliphatic rings. The van der Waals surface area contributed by atoms with Crippen molar-refractivity contribution in [3.8, 4) is 6.07 Å². The molecular formula is C11H22N2O. The molecule has 82 valence electrons. The highest BCUT2D eigenvalue weighted by Gasteiger charge is 2.18. The smallest absolute Gasteiger partial charge is 0.0868 e. The lowest BCUT2D eigenvalue weighted by molar-refractivity contribution is 0.00627. The lowest BCUT2D eigenvalue weighted by atomic mass is 10.0. The summed E-state index contributed by atoms with van der Waals surface area (Å²) in [6.45, 7) is 9.76. The predicted octanol–water partition coefficient (Wildman–Crippen LogP) is 2.04. The third-order valence-corrected chi connectivity index (χ3v) is 2.56. The first kappa shape index (κ1) is 13.4. The maximum Gasteiger partial charge on any atom is 0.0868 e. The highest BCUT2D eigenvalue weighted by molar-refractivity contribution is 4.80. The molecule has 0 amide bonds. The molecule has 0 heterocycles. The van der Waals surface area contributed by atoms with Crippen molar-refractivity contribution in [3.63, 3.8) is 0 Å². The molecule has 0 aromatic carbocycles. The molecule has 0 saturated carbocycles. The number of nitriles is 1. The third-order valence-electron chi connectivity index (χ3n) is 2.56. The summed E-state index contributed by atoms with van der Waals surface area (Å²) in [4.78, 5) is 2.15. The van der Waals surface area contributed by atoms with Crippen LogP contribution in [-0.4, -0.2) is 36.7 Å². The van der Waals surface area contributed by atoms with E-state index in [0.29, 0.717) is 12.6 Å². The van der Waals surface area contributed by atoms with E-state index in [4.69, 9.17) is 10.00 Å². The first-order valence-electron chi connectivity index (χ1n) is 5.09. The largest absolute Gasteiger partial charge is 0.379 e. The van der Waals surface area contributed by atoms with Gasteiger partial charge in [-0.3, -0.25) is 4.90 Å². The fraction of sp³-hybridized carbons (Fsp3) is 0.909. The predicted molar refractivity (Wildman–Crippen MR) is 58.0 cm³/mol. The molecule has 0 fully saturated rings. The van der Waals surface area contributed by atoms with E-state index in [1.807, 2.05) is 0 Å². The van der Waals surface area contributed by atoms with E-state index in [1.54, 1.807) is 7.11 Å². The second-order valence-corrected chi connectivity index (χ2v) is 4.44. The molecule has 0 saturated heterocycles. The Labute approximate surface area is 87.7 Å². The van der Waals surface area contributed by atoms with Crippen molar-refractivity contribution >= 4 is 0 Å². The molecule has 0 atom stereocenters. The maximum atomic E-state index is 8.65. The number of rotatable bonds is 6. The number of ether oxygens (including phenoxy) is 1. The molecule has 0 aliphatic heterocycles. The molecular weight excluding hydrogens is 176 g/mol. The standard InChI is InChI=1S/C11H22N2O/c1-10(2)13(9-7-12)8-6-11(3,4)14-5/h10H,6,8-9H2,1-5H3. The molecule has 0 radical (unpaired) electrons. The van der Waals surface area contributed by atoms with Crippen molar-refractivity contribution in [2.45, 2.75) is 45.8 Å². The van der Waals surface area contributed by atoms with Crippen LogP contribution in [-0.2, 0) is 4.74 Å². The number of hydrogen-bond donors (Lipinski definition) is 0. The first-order chi connectivity index (χ1) is 6.43. The van der Waals surface area contributed by atoms with Gasteiger partial charge in [0.15, 0.2) is 0 Å². The van der Waals surface area contributed by atoms with Crippen LogP contribution < -0.4 is 0 Å². The summed E-state index contributed by atoms with van der Waals surface area (Å²) in [6.07, 6.45) is 0.948. The Hall–Kier alpha value is -0.590. The van der Waals surface area contributed by atoms with E-state index >= 15 is 0 Å². The Balaban J connectivity index is 4.01. The topological polar surface area (TPSA) is 36.3 Å². The van der Waals surface area contributed by atoms with Gasteiger partial charge in [-0.2, -0.15) is 5.26 Å². The quantitative estimate of drug-likeness (QED) is 0.613. The van der Waals surface area contributed by atoms with E-state index in [-0.39, 0.29) is 5.60 Å². The zero-order valence-electron chi connectivity index (χ0n) is 10.0. The minimum atomic E-state index is -0.0946. The van der Waals surface area contributed by atoms with Crippen LogP contribution in [0, 0.1) is 11.3 Å². The lowest BCUT2D eigenvalue weighted by Gasteiger charge is -2.29. The minimum absolute atomic E-state index is 0.0946. The normalized spacial score (nSPS) is 12.1. The highest BCUT2D eigenvalue weighted by Crippen LogP contribution is 2.14. The summed E-state index contributed by atoms with van der Waals surface area (Å²) < 4.78 is 5.34. The van der Waals surface area contributed by atoms with Crippen molar-refractivity contribution in [2.75, 3.05) is 20.2 Å². The van der Waals surface area contributed by atoms with Gasteiger partial charge in [0.25, 0.3) is 0 Å². The molecule has 0 rings (SSSR count). The van der Waals surface area contributed by atoms with E-state index in [0.717, 1.165) is 13.0 Å². The van der Waals surface area contributed by atoms with Crippen LogP contribution in [0.25, 0.3) is 0 Å². The molecule has 3 heteroatoms. The summed E-state index contributed by atoms with van der Waals surface area (Å²) in [5, 5.41) is 8.65. The van der Waals surface area contributed by atoms with E-state index in [9.17, 15) is 0 Å². The molecule has 0 aliphatic carbocycles. The Morgan fingerprint density at radius 1 is 1.43 bits per heavy atom. The van der Waals surface area contributed by atoms with Gasteiger partial charge < -0.3 is 4.74 Å². The molecule has 0 unspecified atom stereocenters. The second kappa shape index (κ2) is 6.00. The molecule has 0 spiro atoms. The molecule has 0 aromatic rings. The van der Waals surface area contributed by atoms with Crippen molar-refractivity contribution in [1.29, 1.82) is 5.26 Å². The van der Waals surface area contributed by atoms with Gasteiger partial charge in [0, 0.05) is 19.7 Å². The van der Waals surface area contributed by atoms with Crippen molar-refractivity contribution in [1.82, 2.24) is 4.90 Å². The molecule has 0 aromatic heterocycles. The van der Waals surface area contributed by atoms with Crippen LogP contribution in [0.2, 0.25) is 0 Å².